The van der Waals surface area contributed by atoms with Crippen molar-refractivity contribution in [3.05, 3.63) is 23.9 Å². The van der Waals surface area contributed by atoms with E-state index >= 15 is 0 Å². The Labute approximate surface area is 92.8 Å². The van der Waals surface area contributed by atoms with Crippen LogP contribution in [0.2, 0.25) is 0 Å². The minimum absolute atomic E-state index is 0.0401. The Bertz CT molecular complexity index is 377. The van der Waals surface area contributed by atoms with Gasteiger partial charge in [-0.2, -0.15) is 0 Å². The topological polar surface area (TPSA) is 74.7 Å². The molecule has 6 heteroatoms. The van der Waals surface area contributed by atoms with E-state index in [1.807, 2.05) is 5.01 Å². The van der Waals surface area contributed by atoms with Gasteiger partial charge in [0.15, 0.2) is 5.69 Å². The second kappa shape index (κ2) is 4.91. The largest absolute Gasteiger partial charge is 0.477 e. The van der Waals surface area contributed by atoms with Gasteiger partial charge in [-0.05, 0) is 12.1 Å². The highest BCUT2D eigenvalue weighted by molar-refractivity contribution is 5.85. The second-order valence-electron chi connectivity index (χ2n) is 3.42. The van der Waals surface area contributed by atoms with Gasteiger partial charge in [0.05, 0.1) is 13.2 Å². The lowest BCUT2D eigenvalue weighted by Gasteiger charge is -2.27. The maximum atomic E-state index is 10.7. The normalized spacial score (nSPS) is 17.0. The fourth-order valence-electron chi connectivity index (χ4n) is 1.45. The third-order valence-corrected chi connectivity index (χ3v) is 2.25. The summed E-state index contributed by atoms with van der Waals surface area (Å²) in [6.07, 6.45) is 0. The van der Waals surface area contributed by atoms with Crippen LogP contribution in [0.25, 0.3) is 0 Å². The fourth-order valence-corrected chi connectivity index (χ4v) is 1.45. The van der Waals surface area contributed by atoms with E-state index in [0.29, 0.717) is 19.0 Å². The third kappa shape index (κ3) is 2.68. The number of carboxylic acid groups (broad SMARTS) is 1. The van der Waals surface area contributed by atoms with Gasteiger partial charge in [-0.25, -0.2) is 14.8 Å². The van der Waals surface area contributed by atoms with E-state index in [2.05, 4.69) is 10.4 Å². The number of nitrogens with zero attached hydrogens (tertiary/aromatic N) is 2. The number of nitrogens with one attached hydrogen (secondary N) is 1. The number of hydrogen-bond donors (Lipinski definition) is 2. The van der Waals surface area contributed by atoms with Crippen LogP contribution in [0, 0.1) is 0 Å². The van der Waals surface area contributed by atoms with E-state index in [1.165, 1.54) is 6.07 Å². The summed E-state index contributed by atoms with van der Waals surface area (Å²) in [6.45, 7) is 2.87. The van der Waals surface area contributed by atoms with Gasteiger partial charge in [-0.3, -0.25) is 0 Å². The molecular weight excluding hydrogens is 210 g/mol. The Morgan fingerprint density at radius 2 is 2.19 bits per heavy atom. The zero-order chi connectivity index (χ0) is 11.4. The molecule has 2 heterocycles. The number of pyridine rings is 1. The van der Waals surface area contributed by atoms with Crippen LogP contribution in [-0.4, -0.2) is 47.4 Å². The molecule has 0 radical (unpaired) electrons. The Kier molecular flexibility index (Phi) is 3.33. The highest BCUT2D eigenvalue weighted by atomic mass is 16.5. The third-order valence-electron chi connectivity index (χ3n) is 2.25. The summed E-state index contributed by atoms with van der Waals surface area (Å²) in [6, 6.07) is 4.87. The first-order valence-corrected chi connectivity index (χ1v) is 5.05. The summed E-state index contributed by atoms with van der Waals surface area (Å²) in [7, 11) is 0. The first-order valence-electron chi connectivity index (χ1n) is 5.05. The van der Waals surface area contributed by atoms with Gasteiger partial charge in [-0.15, -0.1) is 0 Å². The van der Waals surface area contributed by atoms with Gasteiger partial charge >= 0.3 is 5.97 Å². The smallest absolute Gasteiger partial charge is 0.354 e. The number of aromatic carboxylic acids is 1. The fraction of sp³-hybridized carbons (Fsp3) is 0.400. The molecule has 0 saturated carbocycles. The van der Waals surface area contributed by atoms with E-state index in [0.717, 1.165) is 13.1 Å². The van der Waals surface area contributed by atoms with Gasteiger partial charge in [0.25, 0.3) is 0 Å². The predicted molar refractivity (Wildman–Crippen MR) is 57.2 cm³/mol. The van der Waals surface area contributed by atoms with Crippen molar-refractivity contribution in [1.29, 1.82) is 0 Å². The molecule has 16 heavy (non-hydrogen) atoms. The number of morpholine rings is 1. The molecule has 0 atom stereocenters. The van der Waals surface area contributed by atoms with E-state index < -0.39 is 5.97 Å². The minimum Gasteiger partial charge on any atom is -0.477 e. The molecule has 1 saturated heterocycles. The SMILES string of the molecule is O=C(O)c1cccc(NN2CCOCC2)n1. The summed E-state index contributed by atoms with van der Waals surface area (Å²) >= 11 is 0. The van der Waals surface area contributed by atoms with Crippen LogP contribution in [0.1, 0.15) is 10.5 Å². The monoisotopic (exact) mass is 223 g/mol. The molecule has 0 bridgehead atoms. The zero-order valence-electron chi connectivity index (χ0n) is 8.72. The number of carboxylic acids is 1. The van der Waals surface area contributed by atoms with E-state index in [1.54, 1.807) is 12.1 Å². The number of anilines is 1. The predicted octanol–water partition coefficient (Wildman–Crippen LogP) is 0.439. The number of ether oxygens (including phenoxy) is 1. The first-order chi connectivity index (χ1) is 7.75. The molecule has 0 spiro atoms. The van der Waals surface area contributed by atoms with Crippen LogP contribution in [-0.2, 0) is 4.74 Å². The van der Waals surface area contributed by atoms with Crippen LogP contribution in [0.4, 0.5) is 5.82 Å². The van der Waals surface area contributed by atoms with Crippen LogP contribution in [0.15, 0.2) is 18.2 Å². The van der Waals surface area contributed by atoms with Crippen molar-refractivity contribution in [3.8, 4) is 0 Å². The summed E-state index contributed by atoms with van der Waals surface area (Å²) in [5.41, 5.74) is 3.10. The van der Waals surface area contributed by atoms with Crippen molar-refractivity contribution in [3.63, 3.8) is 0 Å². The van der Waals surface area contributed by atoms with E-state index in [-0.39, 0.29) is 5.69 Å². The molecule has 1 fully saturated rings. The van der Waals surface area contributed by atoms with E-state index in [4.69, 9.17) is 9.84 Å². The van der Waals surface area contributed by atoms with Gasteiger partial charge in [-0.1, -0.05) is 6.07 Å². The zero-order valence-corrected chi connectivity index (χ0v) is 8.72. The molecule has 6 nitrogen and oxygen atoms in total. The molecule has 1 aliphatic heterocycles. The lowest BCUT2D eigenvalue weighted by Crippen LogP contribution is -2.40. The van der Waals surface area contributed by atoms with E-state index in [9.17, 15) is 4.79 Å². The van der Waals surface area contributed by atoms with Crippen LogP contribution in [0.3, 0.4) is 0 Å². The second-order valence-corrected chi connectivity index (χ2v) is 3.42. The van der Waals surface area contributed by atoms with Crippen molar-refractivity contribution < 1.29 is 14.6 Å². The molecule has 0 amide bonds. The number of aromatic nitrogens is 1. The molecule has 1 aromatic heterocycles. The maximum absolute atomic E-state index is 10.7. The van der Waals surface area contributed by atoms with Gasteiger partial charge < -0.3 is 15.3 Å². The first kappa shape index (κ1) is 10.8. The van der Waals surface area contributed by atoms with Crippen molar-refractivity contribution in [1.82, 2.24) is 9.99 Å². The highest BCUT2D eigenvalue weighted by Gasteiger charge is 2.11. The summed E-state index contributed by atoms with van der Waals surface area (Å²) < 4.78 is 5.20. The molecule has 1 aliphatic rings. The number of carbonyl (C=O) groups is 1. The highest BCUT2D eigenvalue weighted by Crippen LogP contribution is 2.07. The van der Waals surface area contributed by atoms with Gasteiger partial charge in [0, 0.05) is 13.1 Å². The Balaban J connectivity index is 2.02. The Morgan fingerprint density at radius 1 is 1.44 bits per heavy atom. The standard InChI is InChI=1S/C10H13N3O3/c14-10(15)8-2-1-3-9(11-8)12-13-4-6-16-7-5-13/h1-3H,4-7H2,(H,11,12)(H,14,15). The van der Waals surface area contributed by atoms with Crippen LogP contribution in [0.5, 0.6) is 0 Å². The van der Waals surface area contributed by atoms with Gasteiger partial charge in [0.2, 0.25) is 0 Å². The average Bonchev–Trinajstić information content (AvgIpc) is 2.30. The maximum Gasteiger partial charge on any atom is 0.354 e. The van der Waals surface area contributed by atoms with Crippen molar-refractivity contribution >= 4 is 11.8 Å². The summed E-state index contributed by atoms with van der Waals surface area (Å²) in [4.78, 5) is 14.7. The Hall–Kier alpha value is -1.66. The number of rotatable bonds is 3. The lowest BCUT2D eigenvalue weighted by atomic mass is 10.3. The molecule has 0 aromatic carbocycles. The number of hydrogen-bond acceptors (Lipinski definition) is 5. The van der Waals surface area contributed by atoms with Crippen LogP contribution < -0.4 is 5.43 Å². The van der Waals surface area contributed by atoms with Crippen molar-refractivity contribution in [2.45, 2.75) is 0 Å². The molecule has 0 unspecified atom stereocenters. The average molecular weight is 223 g/mol. The summed E-state index contributed by atoms with van der Waals surface area (Å²) in [5, 5.41) is 10.7. The minimum atomic E-state index is -1.02. The van der Waals surface area contributed by atoms with Crippen LogP contribution >= 0.6 is 0 Å². The summed E-state index contributed by atoms with van der Waals surface area (Å²) in [5.74, 6) is -0.479. The molecule has 2 rings (SSSR count). The quantitative estimate of drug-likeness (QED) is 0.774. The number of hydrazine groups is 1. The molecule has 0 aliphatic carbocycles. The lowest BCUT2D eigenvalue weighted by molar-refractivity contribution is 0.0494. The molecular formula is C10H13N3O3. The van der Waals surface area contributed by atoms with Gasteiger partial charge in [0.1, 0.15) is 5.82 Å². The van der Waals surface area contributed by atoms with Crippen molar-refractivity contribution in [2.24, 2.45) is 0 Å². The molecule has 1 aromatic rings. The van der Waals surface area contributed by atoms with Crippen molar-refractivity contribution in [2.75, 3.05) is 31.7 Å². The Morgan fingerprint density at radius 3 is 2.88 bits per heavy atom. The molecule has 2 N–H and O–H groups in total. The molecule has 86 valence electrons.